The van der Waals surface area contributed by atoms with Crippen molar-refractivity contribution in [3.8, 4) is 0 Å². The van der Waals surface area contributed by atoms with Gasteiger partial charge in [0.15, 0.2) is 4.47 Å². The molecule has 21 heavy (non-hydrogen) atoms. The molecule has 0 bridgehead atoms. The van der Waals surface area contributed by atoms with E-state index in [2.05, 4.69) is 10.3 Å². The number of carboxylic acid groups (broad SMARTS) is 1. The van der Waals surface area contributed by atoms with Gasteiger partial charge in [0.25, 0.3) is 5.69 Å². The predicted molar refractivity (Wildman–Crippen MR) is 87.2 cm³/mol. The summed E-state index contributed by atoms with van der Waals surface area (Å²) in [6.07, 6.45) is 1.58. The minimum absolute atomic E-state index is 0.149. The number of benzene rings is 1. The molecule has 0 saturated carbocycles. The summed E-state index contributed by atoms with van der Waals surface area (Å²) >= 11 is 8.85. The highest BCUT2D eigenvalue weighted by molar-refractivity contribution is 14.1. The summed E-state index contributed by atoms with van der Waals surface area (Å²) in [5, 5.41) is 22.9. The number of non-ortho nitro benzene ring substituents is 1. The maximum absolute atomic E-state index is 11.3. The molecule has 0 aliphatic carbocycles. The third kappa shape index (κ3) is 3.80. The van der Waals surface area contributed by atoms with E-state index in [9.17, 15) is 20.0 Å². The van der Waals surface area contributed by atoms with Crippen LogP contribution in [0, 0.1) is 13.7 Å². The number of halogens is 2. The highest BCUT2D eigenvalue weighted by Crippen LogP contribution is 2.30. The SMILES string of the molecule is O=C(O)c1cc([N+](=O)[O-])cc(I)c1NCc1cnc(Cl)s1. The van der Waals surface area contributed by atoms with E-state index in [1.54, 1.807) is 6.20 Å². The van der Waals surface area contributed by atoms with Crippen LogP contribution in [0.25, 0.3) is 0 Å². The number of carboxylic acids is 1. The number of hydrogen-bond acceptors (Lipinski definition) is 6. The van der Waals surface area contributed by atoms with Gasteiger partial charge in [-0.25, -0.2) is 9.78 Å². The Hall–Kier alpha value is -1.46. The number of nitrogens with one attached hydrogen (secondary N) is 1. The minimum atomic E-state index is -1.23. The average Bonchev–Trinajstić information content (AvgIpc) is 2.82. The number of aromatic carboxylic acids is 1. The molecule has 7 nitrogen and oxygen atoms in total. The van der Waals surface area contributed by atoms with Gasteiger partial charge in [-0.1, -0.05) is 11.6 Å². The van der Waals surface area contributed by atoms with Crippen LogP contribution in [-0.4, -0.2) is 21.0 Å². The molecule has 0 aliphatic rings. The molecule has 110 valence electrons. The van der Waals surface area contributed by atoms with Crippen LogP contribution in [0.4, 0.5) is 11.4 Å². The van der Waals surface area contributed by atoms with E-state index in [0.717, 1.165) is 10.9 Å². The molecule has 10 heteroatoms. The Bertz CT molecular complexity index is 721. The molecule has 2 aromatic rings. The van der Waals surface area contributed by atoms with Crippen LogP contribution in [0.3, 0.4) is 0 Å². The quantitative estimate of drug-likeness (QED) is 0.419. The fourth-order valence-electron chi connectivity index (χ4n) is 1.59. The third-order valence-electron chi connectivity index (χ3n) is 2.48. The Morgan fingerprint density at radius 2 is 2.29 bits per heavy atom. The second-order valence-corrected chi connectivity index (χ2v) is 6.71. The number of nitro groups is 1. The Balaban J connectivity index is 2.33. The number of thiazole rings is 1. The second-order valence-electron chi connectivity index (χ2n) is 3.85. The minimum Gasteiger partial charge on any atom is -0.478 e. The number of carbonyl (C=O) groups is 1. The lowest BCUT2D eigenvalue weighted by molar-refractivity contribution is -0.385. The van der Waals surface area contributed by atoms with E-state index >= 15 is 0 Å². The van der Waals surface area contributed by atoms with E-state index in [4.69, 9.17) is 11.6 Å². The van der Waals surface area contributed by atoms with Crippen LogP contribution >= 0.6 is 45.5 Å². The summed E-state index contributed by atoms with van der Waals surface area (Å²) in [6, 6.07) is 2.35. The summed E-state index contributed by atoms with van der Waals surface area (Å²) < 4.78 is 0.846. The lowest BCUT2D eigenvalue weighted by atomic mass is 10.1. The molecule has 0 spiro atoms. The Morgan fingerprint density at radius 3 is 2.81 bits per heavy atom. The van der Waals surface area contributed by atoms with Crippen LogP contribution in [0.2, 0.25) is 4.47 Å². The van der Waals surface area contributed by atoms with Crippen molar-refractivity contribution >= 4 is 62.9 Å². The molecule has 2 N–H and O–H groups in total. The molecular formula is C11H7ClIN3O4S. The van der Waals surface area contributed by atoms with Crippen LogP contribution in [0.5, 0.6) is 0 Å². The summed E-state index contributed by atoms with van der Waals surface area (Å²) in [4.78, 5) is 26.1. The standard InChI is InChI=1S/C11H7ClIN3O4S/c12-11-15-4-6(21-11)3-14-9-7(10(17)18)1-5(16(19)20)2-8(9)13/h1-2,4,14H,3H2,(H,17,18). The normalized spacial score (nSPS) is 10.4. The molecule has 2 rings (SSSR count). The number of anilines is 1. The van der Waals surface area contributed by atoms with Crippen molar-refractivity contribution in [2.45, 2.75) is 6.54 Å². The van der Waals surface area contributed by atoms with Gasteiger partial charge in [0, 0.05) is 26.8 Å². The highest BCUT2D eigenvalue weighted by atomic mass is 127. The van der Waals surface area contributed by atoms with Gasteiger partial charge in [-0.05, 0) is 22.6 Å². The van der Waals surface area contributed by atoms with Crippen LogP contribution in [0.15, 0.2) is 18.3 Å². The van der Waals surface area contributed by atoms with Gasteiger partial charge in [0.2, 0.25) is 0 Å². The zero-order valence-electron chi connectivity index (χ0n) is 10.2. The second kappa shape index (κ2) is 6.54. The monoisotopic (exact) mass is 439 g/mol. The van der Waals surface area contributed by atoms with E-state index in [1.807, 2.05) is 22.6 Å². The predicted octanol–water partition coefficient (Wildman–Crippen LogP) is 3.62. The first-order valence-electron chi connectivity index (χ1n) is 5.43. The molecule has 1 aromatic carbocycles. The number of nitrogens with zero attached hydrogens (tertiary/aromatic N) is 2. The Labute approximate surface area is 141 Å². The van der Waals surface area contributed by atoms with Crippen LogP contribution in [-0.2, 0) is 6.54 Å². The molecule has 0 amide bonds. The largest absolute Gasteiger partial charge is 0.478 e. The number of nitro benzene ring substituents is 1. The molecule has 0 unspecified atom stereocenters. The third-order valence-corrected chi connectivity index (χ3v) is 4.45. The van der Waals surface area contributed by atoms with E-state index < -0.39 is 10.9 Å². The zero-order chi connectivity index (χ0) is 15.6. The first-order valence-corrected chi connectivity index (χ1v) is 7.71. The van der Waals surface area contributed by atoms with Crippen molar-refractivity contribution in [1.82, 2.24) is 4.98 Å². The smallest absolute Gasteiger partial charge is 0.338 e. The van der Waals surface area contributed by atoms with E-state index in [-0.39, 0.29) is 11.3 Å². The lowest BCUT2D eigenvalue weighted by Crippen LogP contribution is -2.08. The van der Waals surface area contributed by atoms with Crippen molar-refractivity contribution in [3.05, 3.63) is 46.9 Å². The van der Waals surface area contributed by atoms with Gasteiger partial charge in [-0.2, -0.15) is 0 Å². The zero-order valence-corrected chi connectivity index (χ0v) is 13.9. The van der Waals surface area contributed by atoms with Gasteiger partial charge in [-0.15, -0.1) is 11.3 Å². The van der Waals surface area contributed by atoms with Crippen LogP contribution < -0.4 is 5.32 Å². The van der Waals surface area contributed by atoms with E-state index in [0.29, 0.717) is 20.3 Å². The lowest BCUT2D eigenvalue weighted by Gasteiger charge is -2.10. The van der Waals surface area contributed by atoms with Gasteiger partial charge >= 0.3 is 5.97 Å². The van der Waals surface area contributed by atoms with Gasteiger partial charge < -0.3 is 10.4 Å². The summed E-state index contributed by atoms with van der Waals surface area (Å²) in [5.41, 5.74) is -0.0781. The van der Waals surface area contributed by atoms with E-state index in [1.165, 1.54) is 17.4 Å². The fourth-order valence-corrected chi connectivity index (χ4v) is 3.30. The highest BCUT2D eigenvalue weighted by Gasteiger charge is 2.19. The first kappa shape index (κ1) is 15.9. The molecule has 0 atom stereocenters. The summed E-state index contributed by atoms with van der Waals surface area (Å²) in [6.45, 7) is 0.332. The maximum atomic E-state index is 11.3. The molecule has 0 fully saturated rings. The van der Waals surface area contributed by atoms with Crippen molar-refractivity contribution in [3.63, 3.8) is 0 Å². The summed E-state index contributed by atoms with van der Waals surface area (Å²) in [7, 11) is 0. The molecule has 0 radical (unpaired) electrons. The maximum Gasteiger partial charge on any atom is 0.338 e. The van der Waals surface area contributed by atoms with Crippen molar-refractivity contribution in [2.24, 2.45) is 0 Å². The Kier molecular flexibility index (Phi) is 4.96. The first-order chi connectivity index (χ1) is 9.88. The van der Waals surface area contributed by atoms with Gasteiger partial charge in [0.1, 0.15) is 0 Å². The van der Waals surface area contributed by atoms with Gasteiger partial charge in [-0.3, -0.25) is 10.1 Å². The van der Waals surface area contributed by atoms with Crippen molar-refractivity contribution in [1.29, 1.82) is 0 Å². The number of rotatable bonds is 5. The molecule has 1 heterocycles. The fraction of sp³-hybridized carbons (Fsp3) is 0.0909. The summed E-state index contributed by atoms with van der Waals surface area (Å²) in [5.74, 6) is -1.23. The van der Waals surface area contributed by atoms with Crippen LogP contribution in [0.1, 0.15) is 15.2 Å². The van der Waals surface area contributed by atoms with Crippen molar-refractivity contribution < 1.29 is 14.8 Å². The average molecular weight is 440 g/mol. The molecular weight excluding hydrogens is 433 g/mol. The molecule has 1 aromatic heterocycles. The van der Waals surface area contributed by atoms with Crippen molar-refractivity contribution in [2.75, 3.05) is 5.32 Å². The topological polar surface area (TPSA) is 105 Å². The van der Waals surface area contributed by atoms with Gasteiger partial charge in [0.05, 0.1) is 22.7 Å². The Morgan fingerprint density at radius 1 is 1.57 bits per heavy atom. The number of aromatic nitrogens is 1. The molecule has 0 aliphatic heterocycles. The number of hydrogen-bond donors (Lipinski definition) is 2. The molecule has 0 saturated heterocycles.